The Bertz CT molecular complexity index is 221. The van der Waals surface area contributed by atoms with Gasteiger partial charge in [0.05, 0.1) is 0 Å². The minimum Gasteiger partial charge on any atom is -0.390 e. The Hall–Kier alpha value is -1.12. The fourth-order valence-electron chi connectivity index (χ4n) is 1.43. The van der Waals surface area contributed by atoms with Gasteiger partial charge in [0.2, 0.25) is 0 Å². The number of carbonyl (C=O) groups excluding carboxylic acids is 2. The van der Waals surface area contributed by atoms with Crippen molar-refractivity contribution in [3.8, 4) is 0 Å². The van der Waals surface area contributed by atoms with E-state index in [1.165, 1.54) is 25.7 Å². The zero-order valence-corrected chi connectivity index (χ0v) is 10.2. The molecule has 3 heteroatoms. The van der Waals surface area contributed by atoms with Gasteiger partial charge in [0.15, 0.2) is 0 Å². The van der Waals surface area contributed by atoms with E-state index >= 15 is 0 Å². The van der Waals surface area contributed by atoms with Crippen LogP contribution < -0.4 is 0 Å². The Labute approximate surface area is 97.9 Å². The van der Waals surface area contributed by atoms with Crippen LogP contribution in [0.3, 0.4) is 0 Å². The number of hydrogen-bond donors (Lipinski definition) is 0. The van der Waals surface area contributed by atoms with E-state index in [2.05, 4.69) is 18.2 Å². The van der Waals surface area contributed by atoms with Crippen molar-refractivity contribution >= 4 is 11.9 Å². The first-order chi connectivity index (χ1) is 7.70. The van der Waals surface area contributed by atoms with Crippen LogP contribution in [0.4, 0.5) is 0 Å². The highest BCUT2D eigenvalue weighted by atomic mass is 16.6. The second kappa shape index (κ2) is 10.4. The third-order valence-corrected chi connectivity index (χ3v) is 2.37. The number of unbranched alkanes of at least 4 members (excludes halogenated alkanes) is 6. The molecule has 0 radical (unpaired) electrons. The van der Waals surface area contributed by atoms with E-state index in [0.717, 1.165) is 25.3 Å². The molecule has 3 nitrogen and oxygen atoms in total. The van der Waals surface area contributed by atoms with Crippen LogP contribution >= 0.6 is 0 Å². The molecular formula is C13H22O3. The number of ether oxygens (including phenoxy) is 1. The van der Waals surface area contributed by atoms with Gasteiger partial charge in [0.1, 0.15) is 0 Å². The van der Waals surface area contributed by atoms with Crippen molar-refractivity contribution in [3.05, 3.63) is 12.7 Å². The normalized spacial score (nSPS) is 9.81. The fourth-order valence-corrected chi connectivity index (χ4v) is 1.43. The standard InChI is InChI=1S/C13H22O3/c1-3-5-6-7-8-9-10-11-13(15)16-12(14)4-2/h4H,2-3,5-11H2,1H3. The third-order valence-electron chi connectivity index (χ3n) is 2.37. The largest absolute Gasteiger partial charge is 0.390 e. The maximum absolute atomic E-state index is 11.1. The number of hydrogen-bond acceptors (Lipinski definition) is 3. The minimum absolute atomic E-state index is 0.327. The zero-order chi connectivity index (χ0) is 12.2. The van der Waals surface area contributed by atoms with Crippen molar-refractivity contribution in [2.75, 3.05) is 0 Å². The van der Waals surface area contributed by atoms with E-state index in [1.807, 2.05) is 0 Å². The van der Waals surface area contributed by atoms with Crippen molar-refractivity contribution in [3.63, 3.8) is 0 Å². The maximum atomic E-state index is 11.1. The Morgan fingerprint density at radius 2 is 1.62 bits per heavy atom. The number of carbonyl (C=O) groups is 2. The Morgan fingerprint density at radius 1 is 1.06 bits per heavy atom. The average Bonchev–Trinajstić information content (AvgIpc) is 2.27. The third kappa shape index (κ3) is 9.44. The number of esters is 2. The highest BCUT2D eigenvalue weighted by molar-refractivity contribution is 5.91. The van der Waals surface area contributed by atoms with Crippen molar-refractivity contribution in [2.24, 2.45) is 0 Å². The molecule has 0 aliphatic heterocycles. The van der Waals surface area contributed by atoms with E-state index in [-0.39, 0.29) is 0 Å². The van der Waals surface area contributed by atoms with Gasteiger partial charge in [-0.1, -0.05) is 52.0 Å². The zero-order valence-electron chi connectivity index (χ0n) is 10.2. The lowest BCUT2D eigenvalue weighted by Gasteiger charge is -2.01. The second-order valence-corrected chi connectivity index (χ2v) is 3.87. The maximum Gasteiger partial charge on any atom is 0.337 e. The summed E-state index contributed by atoms with van der Waals surface area (Å²) in [5, 5.41) is 0. The van der Waals surface area contributed by atoms with Crippen LogP contribution in [0.5, 0.6) is 0 Å². The van der Waals surface area contributed by atoms with Gasteiger partial charge in [-0.15, -0.1) is 0 Å². The SMILES string of the molecule is C=CC(=O)OC(=O)CCCCCCCCC. The summed E-state index contributed by atoms with van der Waals surface area (Å²) in [4.78, 5) is 21.7. The van der Waals surface area contributed by atoms with Crippen molar-refractivity contribution in [2.45, 2.75) is 58.3 Å². The van der Waals surface area contributed by atoms with Gasteiger partial charge in [-0.25, -0.2) is 4.79 Å². The van der Waals surface area contributed by atoms with E-state index < -0.39 is 11.9 Å². The highest BCUT2D eigenvalue weighted by Crippen LogP contribution is 2.08. The Kier molecular flexibility index (Phi) is 9.67. The summed E-state index contributed by atoms with van der Waals surface area (Å²) in [6.45, 7) is 5.41. The molecule has 0 spiro atoms. The van der Waals surface area contributed by atoms with Crippen LogP contribution in [-0.4, -0.2) is 11.9 Å². The Balaban J connectivity index is 3.28. The lowest BCUT2D eigenvalue weighted by Crippen LogP contribution is -2.09. The summed E-state index contributed by atoms with van der Waals surface area (Å²) in [5.74, 6) is -1.11. The van der Waals surface area contributed by atoms with Crippen LogP contribution in [0.2, 0.25) is 0 Å². The predicted octanol–water partition coefficient (Wildman–Crippen LogP) is 3.38. The van der Waals surface area contributed by atoms with Gasteiger partial charge in [-0.05, 0) is 6.42 Å². The van der Waals surface area contributed by atoms with E-state index in [1.54, 1.807) is 0 Å². The molecule has 0 aliphatic rings. The minimum atomic E-state index is -0.659. The molecule has 0 saturated carbocycles. The molecule has 0 N–H and O–H groups in total. The molecular weight excluding hydrogens is 204 g/mol. The van der Waals surface area contributed by atoms with Gasteiger partial charge in [0.25, 0.3) is 0 Å². The summed E-state index contributed by atoms with van der Waals surface area (Å²) in [6.07, 6.45) is 9.35. The average molecular weight is 226 g/mol. The van der Waals surface area contributed by atoms with Gasteiger partial charge >= 0.3 is 11.9 Å². The molecule has 0 rings (SSSR count). The summed E-state index contributed by atoms with van der Waals surface area (Å²) < 4.78 is 4.45. The molecule has 92 valence electrons. The fraction of sp³-hybridized carbons (Fsp3) is 0.692. The molecule has 0 atom stereocenters. The van der Waals surface area contributed by atoms with Crippen molar-refractivity contribution < 1.29 is 14.3 Å². The molecule has 0 bridgehead atoms. The van der Waals surface area contributed by atoms with Gasteiger partial charge in [-0.2, -0.15) is 0 Å². The molecule has 0 saturated heterocycles. The van der Waals surface area contributed by atoms with Gasteiger partial charge in [0, 0.05) is 12.5 Å². The van der Waals surface area contributed by atoms with E-state index in [9.17, 15) is 9.59 Å². The number of rotatable bonds is 9. The molecule has 0 aromatic carbocycles. The molecule has 0 heterocycles. The molecule has 16 heavy (non-hydrogen) atoms. The van der Waals surface area contributed by atoms with Gasteiger partial charge < -0.3 is 4.74 Å². The van der Waals surface area contributed by atoms with Crippen LogP contribution in [0, 0.1) is 0 Å². The van der Waals surface area contributed by atoms with Crippen molar-refractivity contribution in [1.82, 2.24) is 0 Å². The monoisotopic (exact) mass is 226 g/mol. The molecule has 0 unspecified atom stereocenters. The molecule has 0 fully saturated rings. The smallest absolute Gasteiger partial charge is 0.337 e. The molecule has 0 aromatic rings. The molecule has 0 amide bonds. The van der Waals surface area contributed by atoms with Crippen LogP contribution in [-0.2, 0) is 14.3 Å². The molecule has 0 aliphatic carbocycles. The van der Waals surface area contributed by atoms with Crippen LogP contribution in [0.1, 0.15) is 58.3 Å². The van der Waals surface area contributed by atoms with E-state index in [4.69, 9.17) is 0 Å². The summed E-state index contributed by atoms with van der Waals surface area (Å²) >= 11 is 0. The first kappa shape index (κ1) is 14.9. The second-order valence-electron chi connectivity index (χ2n) is 3.87. The summed E-state index contributed by atoms with van der Waals surface area (Å²) in [6, 6.07) is 0. The first-order valence-corrected chi connectivity index (χ1v) is 6.07. The molecule has 0 aromatic heterocycles. The summed E-state index contributed by atoms with van der Waals surface area (Å²) in [7, 11) is 0. The lowest BCUT2D eigenvalue weighted by atomic mass is 10.1. The van der Waals surface area contributed by atoms with Crippen LogP contribution in [0.25, 0.3) is 0 Å². The van der Waals surface area contributed by atoms with Gasteiger partial charge in [-0.3, -0.25) is 4.79 Å². The summed E-state index contributed by atoms with van der Waals surface area (Å²) in [5.41, 5.74) is 0. The first-order valence-electron chi connectivity index (χ1n) is 6.07. The van der Waals surface area contributed by atoms with Crippen LogP contribution in [0.15, 0.2) is 12.7 Å². The predicted molar refractivity (Wildman–Crippen MR) is 63.9 cm³/mol. The van der Waals surface area contributed by atoms with E-state index in [0.29, 0.717) is 6.42 Å². The Morgan fingerprint density at radius 3 is 2.19 bits per heavy atom. The lowest BCUT2D eigenvalue weighted by molar-refractivity contribution is -0.156. The quantitative estimate of drug-likeness (QED) is 0.262. The van der Waals surface area contributed by atoms with Crippen molar-refractivity contribution in [1.29, 1.82) is 0 Å². The topological polar surface area (TPSA) is 43.4 Å². The highest BCUT2D eigenvalue weighted by Gasteiger charge is 2.06.